The van der Waals surface area contributed by atoms with Crippen molar-refractivity contribution < 1.29 is 9.59 Å². The third-order valence-electron chi connectivity index (χ3n) is 4.39. The highest BCUT2D eigenvalue weighted by molar-refractivity contribution is 5.96. The molecule has 1 aromatic carbocycles. The molecule has 0 bridgehead atoms. The van der Waals surface area contributed by atoms with E-state index in [2.05, 4.69) is 25.9 Å². The number of amides is 2. The number of hydrogen-bond acceptors (Lipinski definition) is 6. The van der Waals surface area contributed by atoms with Gasteiger partial charge in [-0.2, -0.15) is 0 Å². The summed E-state index contributed by atoms with van der Waals surface area (Å²) in [6.45, 7) is 0.166. The summed E-state index contributed by atoms with van der Waals surface area (Å²) in [6.07, 6.45) is 4.88. The maximum Gasteiger partial charge on any atom is 0.249 e. The Morgan fingerprint density at radius 3 is 2.47 bits per heavy atom. The van der Waals surface area contributed by atoms with Crippen molar-refractivity contribution in [2.75, 3.05) is 11.9 Å². The number of carbonyl (C=O) groups is 2. The third kappa shape index (κ3) is 7.06. The van der Waals surface area contributed by atoms with Crippen molar-refractivity contribution in [2.45, 2.75) is 12.6 Å². The van der Waals surface area contributed by atoms with Crippen LogP contribution < -0.4 is 21.7 Å². The second-order valence-corrected chi connectivity index (χ2v) is 6.68. The molecule has 0 saturated heterocycles. The molecule has 9 nitrogen and oxygen atoms in total. The zero-order valence-electron chi connectivity index (χ0n) is 17.1. The van der Waals surface area contributed by atoms with Crippen LogP contribution in [0.2, 0.25) is 0 Å². The van der Waals surface area contributed by atoms with E-state index in [1.165, 1.54) is 0 Å². The van der Waals surface area contributed by atoms with Crippen molar-refractivity contribution in [1.82, 2.24) is 20.6 Å². The summed E-state index contributed by atoms with van der Waals surface area (Å²) in [5, 5.41) is 16.1. The van der Waals surface area contributed by atoms with Gasteiger partial charge in [-0.1, -0.05) is 18.2 Å². The number of anilines is 1. The normalized spacial score (nSPS) is 10.9. The molecule has 2 heterocycles. The van der Waals surface area contributed by atoms with Gasteiger partial charge in [0.25, 0.3) is 0 Å². The van der Waals surface area contributed by atoms with Gasteiger partial charge in [0.2, 0.25) is 11.8 Å². The molecule has 0 radical (unpaired) electrons. The molecule has 0 aliphatic rings. The first-order valence-corrected chi connectivity index (χ1v) is 9.58. The number of hydrogen-bond donors (Lipinski definition) is 5. The molecule has 0 aliphatic heterocycles. The van der Waals surface area contributed by atoms with E-state index in [-0.39, 0.29) is 30.7 Å². The molecule has 0 fully saturated rings. The Kier molecular flexibility index (Phi) is 9.12. The first-order chi connectivity index (χ1) is 15.0. The van der Waals surface area contributed by atoms with Gasteiger partial charge in [-0.3, -0.25) is 25.0 Å². The number of nitrogens with one attached hydrogen (secondary N) is 4. The van der Waals surface area contributed by atoms with Gasteiger partial charge < -0.3 is 21.7 Å². The van der Waals surface area contributed by atoms with Crippen LogP contribution in [0.15, 0.2) is 73.2 Å². The summed E-state index contributed by atoms with van der Waals surface area (Å²) in [6, 6.07) is 14.9. The minimum absolute atomic E-state index is 0. The number of aromatic nitrogens is 2. The lowest BCUT2D eigenvalue weighted by molar-refractivity contribution is -0.126. The number of pyridine rings is 2. The number of carbonyl (C=O) groups excluding carboxylic acids is 2. The molecular formula is C22H24ClN7O2. The number of nitrogen functional groups attached to an aromatic ring is 1. The van der Waals surface area contributed by atoms with E-state index in [0.29, 0.717) is 23.5 Å². The standard InChI is InChI=1S/C22H23N7O2.ClH/c23-21(24)16-4-3-5-17(12-16)29-20(18-6-1-2-9-26-18)22(31)28-14-19(30)27-13-15-7-10-25-11-8-15;/h1-12,20,29H,13-14H2,(H3,23,24)(H,27,30)(H,28,31);1H. The predicted molar refractivity (Wildman–Crippen MR) is 124 cm³/mol. The molecule has 166 valence electrons. The predicted octanol–water partition coefficient (Wildman–Crippen LogP) is 1.77. The van der Waals surface area contributed by atoms with Crippen molar-refractivity contribution in [3.05, 3.63) is 90.0 Å². The molecule has 0 aliphatic carbocycles. The average Bonchev–Trinajstić information content (AvgIpc) is 2.81. The topological polar surface area (TPSA) is 146 Å². The highest BCUT2D eigenvalue weighted by Crippen LogP contribution is 2.19. The largest absolute Gasteiger partial charge is 0.384 e. The van der Waals surface area contributed by atoms with Crippen LogP contribution in [0.4, 0.5) is 5.69 Å². The highest BCUT2D eigenvalue weighted by atomic mass is 35.5. The van der Waals surface area contributed by atoms with Gasteiger partial charge in [-0.15, -0.1) is 12.4 Å². The summed E-state index contributed by atoms with van der Waals surface area (Å²) in [4.78, 5) is 33.2. The van der Waals surface area contributed by atoms with Crippen molar-refractivity contribution in [2.24, 2.45) is 5.73 Å². The maximum atomic E-state index is 12.9. The fourth-order valence-electron chi connectivity index (χ4n) is 2.80. The second-order valence-electron chi connectivity index (χ2n) is 6.68. The molecule has 2 aromatic heterocycles. The van der Waals surface area contributed by atoms with Crippen molar-refractivity contribution in [3.63, 3.8) is 0 Å². The van der Waals surface area contributed by atoms with Crippen LogP contribution in [0.25, 0.3) is 0 Å². The third-order valence-corrected chi connectivity index (χ3v) is 4.39. The Morgan fingerprint density at radius 2 is 1.78 bits per heavy atom. The molecule has 10 heteroatoms. The SMILES string of the molecule is Cl.N=C(N)c1cccc(NC(C(=O)NCC(=O)NCc2ccncc2)c2ccccn2)c1. The number of nitrogens with zero attached hydrogens (tertiary/aromatic N) is 2. The number of amidine groups is 1. The molecule has 3 aromatic rings. The molecule has 1 atom stereocenters. The fraction of sp³-hybridized carbons (Fsp3) is 0.136. The summed E-state index contributed by atoms with van der Waals surface area (Å²) < 4.78 is 0. The minimum Gasteiger partial charge on any atom is -0.384 e. The van der Waals surface area contributed by atoms with E-state index < -0.39 is 11.9 Å². The van der Waals surface area contributed by atoms with E-state index in [0.717, 1.165) is 5.56 Å². The van der Waals surface area contributed by atoms with Crippen molar-refractivity contribution in [3.8, 4) is 0 Å². The molecular weight excluding hydrogens is 430 g/mol. The molecule has 0 saturated carbocycles. The van der Waals surface area contributed by atoms with E-state index in [1.807, 2.05) is 0 Å². The Morgan fingerprint density at radius 1 is 1.00 bits per heavy atom. The first-order valence-electron chi connectivity index (χ1n) is 9.58. The number of benzene rings is 1. The summed E-state index contributed by atoms with van der Waals surface area (Å²) >= 11 is 0. The summed E-state index contributed by atoms with van der Waals surface area (Å²) in [5.74, 6) is -0.803. The minimum atomic E-state index is -0.837. The molecule has 3 rings (SSSR count). The quantitative estimate of drug-likeness (QED) is 0.246. The van der Waals surface area contributed by atoms with Crippen LogP contribution in [0.3, 0.4) is 0 Å². The Hall–Kier alpha value is -3.98. The van der Waals surface area contributed by atoms with E-state index >= 15 is 0 Å². The monoisotopic (exact) mass is 453 g/mol. The van der Waals surface area contributed by atoms with Gasteiger partial charge in [-0.25, -0.2) is 0 Å². The lowest BCUT2D eigenvalue weighted by atomic mass is 10.1. The Bertz CT molecular complexity index is 1050. The Balaban J connectivity index is 0.00000363. The van der Waals surface area contributed by atoms with Crippen LogP contribution in [0.1, 0.15) is 22.9 Å². The van der Waals surface area contributed by atoms with Gasteiger partial charge >= 0.3 is 0 Å². The summed E-state index contributed by atoms with van der Waals surface area (Å²) in [5.41, 5.74) is 8.08. The van der Waals surface area contributed by atoms with Gasteiger partial charge in [0.15, 0.2) is 0 Å². The first kappa shape index (κ1) is 24.3. The molecule has 2 amide bonds. The Labute approximate surface area is 191 Å². The smallest absolute Gasteiger partial charge is 0.249 e. The van der Waals surface area contributed by atoms with Crippen LogP contribution in [-0.4, -0.2) is 34.2 Å². The van der Waals surface area contributed by atoms with Crippen LogP contribution >= 0.6 is 12.4 Å². The van der Waals surface area contributed by atoms with E-state index in [1.54, 1.807) is 73.2 Å². The molecule has 1 unspecified atom stereocenters. The van der Waals surface area contributed by atoms with Crippen LogP contribution in [0.5, 0.6) is 0 Å². The zero-order valence-corrected chi connectivity index (χ0v) is 17.9. The number of rotatable bonds is 9. The highest BCUT2D eigenvalue weighted by Gasteiger charge is 2.22. The second kappa shape index (κ2) is 12.0. The van der Waals surface area contributed by atoms with Gasteiger partial charge in [0.05, 0.1) is 12.2 Å². The molecule has 0 spiro atoms. The zero-order chi connectivity index (χ0) is 22.1. The van der Waals surface area contributed by atoms with Crippen LogP contribution in [-0.2, 0) is 16.1 Å². The maximum absolute atomic E-state index is 12.9. The lowest BCUT2D eigenvalue weighted by Crippen LogP contribution is -2.40. The molecule has 32 heavy (non-hydrogen) atoms. The number of nitrogens with two attached hydrogens (primary N) is 1. The van der Waals surface area contributed by atoms with E-state index in [9.17, 15) is 9.59 Å². The average molecular weight is 454 g/mol. The van der Waals surface area contributed by atoms with Crippen molar-refractivity contribution >= 4 is 35.7 Å². The fourth-order valence-corrected chi connectivity index (χ4v) is 2.80. The van der Waals surface area contributed by atoms with Gasteiger partial charge in [0.1, 0.15) is 11.9 Å². The summed E-state index contributed by atoms with van der Waals surface area (Å²) in [7, 11) is 0. The number of halogens is 1. The van der Waals surface area contributed by atoms with Gasteiger partial charge in [0, 0.05) is 36.4 Å². The van der Waals surface area contributed by atoms with Gasteiger partial charge in [-0.05, 0) is 42.0 Å². The van der Waals surface area contributed by atoms with Crippen molar-refractivity contribution in [1.29, 1.82) is 5.41 Å². The lowest BCUT2D eigenvalue weighted by Gasteiger charge is -2.19. The van der Waals surface area contributed by atoms with Crippen LogP contribution in [0, 0.1) is 5.41 Å². The van der Waals surface area contributed by atoms with E-state index in [4.69, 9.17) is 11.1 Å². The molecule has 6 N–H and O–H groups in total.